The maximum absolute atomic E-state index is 5.24. The minimum absolute atomic E-state index is 0.300. The van der Waals surface area contributed by atoms with Crippen molar-refractivity contribution >= 4 is 21.8 Å². The SMILES string of the molecule is CC1(C)c2ccccc2-n2c(-c3nc(-c4ccccc4)nc(-c4ccccc4)n3)c3c4ccccc4n(-c4ccccn4)c3c21. The summed E-state index contributed by atoms with van der Waals surface area (Å²) in [5.74, 6) is 2.79. The van der Waals surface area contributed by atoms with Crippen molar-refractivity contribution in [2.24, 2.45) is 0 Å². The molecule has 0 bridgehead atoms. The number of nitrogens with zero attached hydrogens (tertiary/aromatic N) is 6. The summed E-state index contributed by atoms with van der Waals surface area (Å²) in [4.78, 5) is 20.3. The third kappa shape index (κ3) is 3.69. The number of benzene rings is 4. The number of pyridine rings is 1. The van der Waals surface area contributed by atoms with Crippen LogP contribution in [0.15, 0.2) is 134 Å². The second kappa shape index (κ2) is 9.56. The second-order valence-corrected chi connectivity index (χ2v) is 12.0. The van der Waals surface area contributed by atoms with Gasteiger partial charge in [0.15, 0.2) is 17.5 Å². The highest BCUT2D eigenvalue weighted by molar-refractivity contribution is 6.17. The van der Waals surface area contributed by atoms with Crippen molar-refractivity contribution < 1.29 is 0 Å². The molecule has 6 nitrogen and oxygen atoms in total. The monoisotopic (exact) mass is 580 g/mol. The van der Waals surface area contributed by atoms with Crippen molar-refractivity contribution in [3.05, 3.63) is 145 Å². The first kappa shape index (κ1) is 25.6. The number of hydrogen-bond acceptors (Lipinski definition) is 4. The molecular formula is C39H28N6. The molecule has 0 saturated carbocycles. The molecule has 5 heterocycles. The van der Waals surface area contributed by atoms with E-state index in [1.807, 2.05) is 54.7 Å². The van der Waals surface area contributed by atoms with Crippen molar-refractivity contribution in [1.82, 2.24) is 29.1 Å². The Morgan fingerprint density at radius 3 is 1.84 bits per heavy atom. The van der Waals surface area contributed by atoms with Crippen LogP contribution in [-0.4, -0.2) is 29.1 Å². The molecule has 1 aliphatic heterocycles. The molecule has 0 fully saturated rings. The van der Waals surface area contributed by atoms with E-state index in [0.29, 0.717) is 17.5 Å². The maximum atomic E-state index is 5.24. The molecule has 0 aliphatic carbocycles. The van der Waals surface area contributed by atoms with E-state index < -0.39 is 0 Å². The molecule has 0 unspecified atom stereocenters. The molecule has 4 aromatic carbocycles. The molecule has 0 spiro atoms. The highest BCUT2D eigenvalue weighted by Gasteiger charge is 2.43. The van der Waals surface area contributed by atoms with Gasteiger partial charge < -0.3 is 4.57 Å². The van der Waals surface area contributed by atoms with Gasteiger partial charge in [0, 0.05) is 33.5 Å². The average molecular weight is 581 g/mol. The zero-order valence-electron chi connectivity index (χ0n) is 24.9. The Hall–Kier alpha value is -5.88. The van der Waals surface area contributed by atoms with Crippen LogP contribution in [0.3, 0.4) is 0 Å². The van der Waals surface area contributed by atoms with Gasteiger partial charge >= 0.3 is 0 Å². The Labute approximate surface area is 260 Å². The van der Waals surface area contributed by atoms with Crippen LogP contribution >= 0.6 is 0 Å². The molecule has 0 N–H and O–H groups in total. The van der Waals surface area contributed by atoms with E-state index in [1.54, 1.807) is 0 Å². The Morgan fingerprint density at radius 1 is 0.556 bits per heavy atom. The van der Waals surface area contributed by atoms with Gasteiger partial charge in [-0.2, -0.15) is 0 Å². The van der Waals surface area contributed by atoms with Gasteiger partial charge in [-0.25, -0.2) is 19.9 Å². The summed E-state index contributed by atoms with van der Waals surface area (Å²) in [6.07, 6.45) is 1.86. The van der Waals surface area contributed by atoms with E-state index in [-0.39, 0.29) is 5.41 Å². The first-order valence-electron chi connectivity index (χ1n) is 15.2. The highest BCUT2D eigenvalue weighted by atomic mass is 15.2. The number of para-hydroxylation sites is 2. The molecule has 0 saturated heterocycles. The Bertz CT molecular complexity index is 2330. The molecule has 1 aliphatic rings. The number of hydrogen-bond donors (Lipinski definition) is 0. The molecule has 45 heavy (non-hydrogen) atoms. The average Bonchev–Trinajstić information content (AvgIpc) is 3.69. The molecule has 0 radical (unpaired) electrons. The van der Waals surface area contributed by atoms with E-state index >= 15 is 0 Å². The van der Waals surface area contributed by atoms with Crippen molar-refractivity contribution in [2.45, 2.75) is 19.3 Å². The van der Waals surface area contributed by atoms with Crippen LogP contribution in [0.1, 0.15) is 25.1 Å². The van der Waals surface area contributed by atoms with Crippen LogP contribution in [-0.2, 0) is 5.41 Å². The van der Waals surface area contributed by atoms with Crippen LogP contribution < -0.4 is 0 Å². The van der Waals surface area contributed by atoms with Crippen LogP contribution in [0.4, 0.5) is 0 Å². The lowest BCUT2D eigenvalue weighted by atomic mass is 9.83. The van der Waals surface area contributed by atoms with Crippen LogP contribution in [0.2, 0.25) is 0 Å². The minimum Gasteiger partial charge on any atom is -0.307 e. The van der Waals surface area contributed by atoms with Crippen LogP contribution in [0, 0.1) is 0 Å². The van der Waals surface area contributed by atoms with Crippen molar-refractivity contribution in [2.75, 3.05) is 0 Å². The molecule has 214 valence electrons. The number of aromatic nitrogens is 6. The van der Waals surface area contributed by atoms with Gasteiger partial charge in [0.05, 0.1) is 22.4 Å². The van der Waals surface area contributed by atoms with Gasteiger partial charge in [-0.15, -0.1) is 0 Å². The largest absolute Gasteiger partial charge is 0.307 e. The van der Waals surface area contributed by atoms with Crippen molar-refractivity contribution in [1.29, 1.82) is 0 Å². The summed E-state index contributed by atoms with van der Waals surface area (Å²) in [6, 6.07) is 43.7. The molecule has 0 amide bonds. The highest BCUT2D eigenvalue weighted by Crippen LogP contribution is 2.53. The predicted molar refractivity (Wildman–Crippen MR) is 180 cm³/mol. The Morgan fingerprint density at radius 2 is 1.16 bits per heavy atom. The van der Waals surface area contributed by atoms with Crippen LogP contribution in [0.5, 0.6) is 0 Å². The van der Waals surface area contributed by atoms with Gasteiger partial charge in [-0.3, -0.25) is 4.57 Å². The second-order valence-electron chi connectivity index (χ2n) is 12.0. The normalized spacial score (nSPS) is 13.3. The standard InChI is InChI=1S/C39H28N6/c1-39(2)28-20-10-12-22-30(28)45-34(32-27-19-9-11-21-29(27)44(33(32)35(39)45)31-23-13-14-24-40-31)38-42-36(25-15-5-3-6-16-25)41-37(43-38)26-17-7-4-8-18-26/h3-24H,1-2H3. The molecular weight excluding hydrogens is 552 g/mol. The number of fused-ring (bicyclic) bond motifs is 7. The smallest absolute Gasteiger partial charge is 0.181 e. The molecule has 0 atom stereocenters. The lowest BCUT2D eigenvalue weighted by Crippen LogP contribution is -2.17. The lowest BCUT2D eigenvalue weighted by Gasteiger charge is -2.20. The van der Waals surface area contributed by atoms with Crippen LogP contribution in [0.25, 0.3) is 67.6 Å². The van der Waals surface area contributed by atoms with E-state index in [9.17, 15) is 0 Å². The third-order valence-electron chi connectivity index (χ3n) is 8.98. The van der Waals surface area contributed by atoms with Gasteiger partial charge in [0.25, 0.3) is 0 Å². The third-order valence-corrected chi connectivity index (χ3v) is 8.98. The molecule has 9 rings (SSSR count). The zero-order valence-corrected chi connectivity index (χ0v) is 24.9. The lowest BCUT2D eigenvalue weighted by molar-refractivity contribution is 0.646. The quantitative estimate of drug-likeness (QED) is 0.209. The van der Waals surface area contributed by atoms with E-state index in [2.05, 4.69) is 102 Å². The zero-order chi connectivity index (χ0) is 30.1. The van der Waals surface area contributed by atoms with E-state index in [1.165, 1.54) is 11.3 Å². The summed E-state index contributed by atoms with van der Waals surface area (Å²) in [6.45, 7) is 4.62. The Balaban J connectivity index is 1.48. The fraction of sp³-hybridized carbons (Fsp3) is 0.0769. The van der Waals surface area contributed by atoms with Crippen molar-refractivity contribution in [3.63, 3.8) is 0 Å². The summed E-state index contributed by atoms with van der Waals surface area (Å²) in [5.41, 5.74) is 8.36. The summed E-state index contributed by atoms with van der Waals surface area (Å²) in [7, 11) is 0. The summed E-state index contributed by atoms with van der Waals surface area (Å²) in [5, 5.41) is 2.24. The maximum Gasteiger partial charge on any atom is 0.181 e. The minimum atomic E-state index is -0.300. The van der Waals surface area contributed by atoms with Gasteiger partial charge in [0.1, 0.15) is 11.5 Å². The summed E-state index contributed by atoms with van der Waals surface area (Å²) < 4.78 is 4.70. The first-order chi connectivity index (χ1) is 22.1. The summed E-state index contributed by atoms with van der Waals surface area (Å²) >= 11 is 0. The van der Waals surface area contributed by atoms with E-state index in [0.717, 1.165) is 50.1 Å². The predicted octanol–water partition coefficient (Wildman–Crippen LogP) is 8.79. The molecule has 6 heteroatoms. The molecule has 4 aromatic heterocycles. The molecule has 8 aromatic rings. The van der Waals surface area contributed by atoms with Crippen molar-refractivity contribution in [3.8, 4) is 45.8 Å². The topological polar surface area (TPSA) is 61.4 Å². The van der Waals surface area contributed by atoms with Gasteiger partial charge in [-0.05, 0) is 29.8 Å². The number of rotatable bonds is 4. The fourth-order valence-electron chi connectivity index (χ4n) is 7.02. The van der Waals surface area contributed by atoms with E-state index in [4.69, 9.17) is 19.9 Å². The van der Waals surface area contributed by atoms with Gasteiger partial charge in [0.2, 0.25) is 0 Å². The Kier molecular flexibility index (Phi) is 5.44. The fourth-order valence-corrected chi connectivity index (χ4v) is 7.02. The van der Waals surface area contributed by atoms with Gasteiger partial charge in [-0.1, -0.05) is 117 Å². The first-order valence-corrected chi connectivity index (χ1v) is 15.2.